The number of hydrogen-bond acceptors (Lipinski definition) is 4. The summed E-state index contributed by atoms with van der Waals surface area (Å²) in [6.45, 7) is 11.5. The molecule has 1 unspecified atom stereocenters. The van der Waals surface area contributed by atoms with Crippen molar-refractivity contribution in [2.75, 3.05) is 6.61 Å². The van der Waals surface area contributed by atoms with E-state index in [1.165, 1.54) is 0 Å². The van der Waals surface area contributed by atoms with Gasteiger partial charge in [-0.1, -0.05) is 13.8 Å². The van der Waals surface area contributed by atoms with E-state index in [9.17, 15) is 9.59 Å². The lowest BCUT2D eigenvalue weighted by Crippen LogP contribution is -2.53. The van der Waals surface area contributed by atoms with Crippen LogP contribution in [0.25, 0.3) is 0 Å². The van der Waals surface area contributed by atoms with Crippen molar-refractivity contribution in [3.8, 4) is 0 Å². The van der Waals surface area contributed by atoms with E-state index >= 15 is 0 Å². The van der Waals surface area contributed by atoms with Crippen molar-refractivity contribution in [3.05, 3.63) is 0 Å². The first-order valence-electron chi connectivity index (χ1n) is 7.23. The molecule has 0 aromatic carbocycles. The van der Waals surface area contributed by atoms with Gasteiger partial charge in [-0.25, -0.2) is 4.79 Å². The van der Waals surface area contributed by atoms with Crippen LogP contribution in [-0.4, -0.2) is 35.7 Å². The zero-order valence-corrected chi connectivity index (χ0v) is 13.4. The van der Waals surface area contributed by atoms with Crippen LogP contribution in [0.5, 0.6) is 0 Å². The molecule has 1 N–H and O–H groups in total. The molecule has 0 bridgehead atoms. The number of carbonyl (C=O) groups is 2. The molecule has 1 aliphatic heterocycles. The van der Waals surface area contributed by atoms with E-state index in [1.54, 1.807) is 6.92 Å². The fourth-order valence-electron chi connectivity index (χ4n) is 2.12. The second-order valence-electron chi connectivity index (χ2n) is 6.91. The number of rotatable bonds is 4. The van der Waals surface area contributed by atoms with Crippen molar-refractivity contribution in [1.29, 1.82) is 0 Å². The zero-order valence-electron chi connectivity index (χ0n) is 13.4. The van der Waals surface area contributed by atoms with Gasteiger partial charge in [-0.15, -0.1) is 0 Å². The highest BCUT2D eigenvalue weighted by atomic mass is 16.6. The van der Waals surface area contributed by atoms with Crippen molar-refractivity contribution in [2.24, 2.45) is 5.92 Å². The predicted molar refractivity (Wildman–Crippen MR) is 76.2 cm³/mol. The molecule has 116 valence electrons. The lowest BCUT2D eigenvalue weighted by Gasteiger charge is -2.29. The van der Waals surface area contributed by atoms with Crippen LogP contribution < -0.4 is 5.32 Å². The largest absolute Gasteiger partial charge is 0.458 e. The third-order valence-corrected chi connectivity index (χ3v) is 3.31. The summed E-state index contributed by atoms with van der Waals surface area (Å²) in [5.41, 5.74) is -1.39. The summed E-state index contributed by atoms with van der Waals surface area (Å²) < 4.78 is 10.9. The van der Waals surface area contributed by atoms with Crippen LogP contribution in [0.2, 0.25) is 0 Å². The highest BCUT2D eigenvalue weighted by molar-refractivity contribution is 5.89. The maximum absolute atomic E-state index is 12.3. The lowest BCUT2D eigenvalue weighted by molar-refractivity contribution is -0.161. The Balaban J connectivity index is 2.72. The molecule has 1 heterocycles. The Labute approximate surface area is 121 Å². The molecule has 0 saturated carbocycles. The van der Waals surface area contributed by atoms with Gasteiger partial charge in [0.1, 0.15) is 17.2 Å². The van der Waals surface area contributed by atoms with Crippen LogP contribution in [0.4, 0.5) is 0 Å². The Bertz CT molecular complexity index is 365. The summed E-state index contributed by atoms with van der Waals surface area (Å²) in [4.78, 5) is 24.5. The van der Waals surface area contributed by atoms with Gasteiger partial charge >= 0.3 is 5.97 Å². The van der Waals surface area contributed by atoms with Gasteiger partial charge in [0.05, 0.1) is 0 Å². The number of nitrogens with one attached hydrogen (secondary N) is 1. The molecule has 0 aromatic rings. The van der Waals surface area contributed by atoms with E-state index in [4.69, 9.17) is 9.47 Å². The van der Waals surface area contributed by atoms with Crippen LogP contribution in [0.1, 0.15) is 54.4 Å². The number of hydrogen-bond donors (Lipinski definition) is 1. The summed E-state index contributed by atoms with van der Waals surface area (Å²) in [7, 11) is 0. The molecule has 20 heavy (non-hydrogen) atoms. The minimum Gasteiger partial charge on any atom is -0.458 e. The van der Waals surface area contributed by atoms with E-state index in [1.807, 2.05) is 34.6 Å². The Morgan fingerprint density at radius 3 is 2.30 bits per heavy atom. The fourth-order valence-corrected chi connectivity index (χ4v) is 2.12. The van der Waals surface area contributed by atoms with Crippen molar-refractivity contribution in [2.45, 2.75) is 71.6 Å². The van der Waals surface area contributed by atoms with E-state index in [-0.39, 0.29) is 11.8 Å². The molecule has 0 aromatic heterocycles. The quantitative estimate of drug-likeness (QED) is 0.803. The van der Waals surface area contributed by atoms with E-state index in [2.05, 4.69) is 5.32 Å². The molecule has 1 amide bonds. The minimum atomic E-state index is -0.824. The standard InChI is InChI=1S/C15H27NO4/c1-10(2)11(12(17)20-14(3,4)5)16-13(18)15(6)8-7-9-19-15/h10-11H,7-9H2,1-6H3,(H,16,18)/t11-,15?/m1/s1. The summed E-state index contributed by atoms with van der Waals surface area (Å²) in [5.74, 6) is -0.680. The second-order valence-corrected chi connectivity index (χ2v) is 6.91. The van der Waals surface area contributed by atoms with Gasteiger partial charge in [0.15, 0.2) is 0 Å². The summed E-state index contributed by atoms with van der Waals surface area (Å²) in [5, 5.41) is 2.78. The molecule has 0 spiro atoms. The highest BCUT2D eigenvalue weighted by Crippen LogP contribution is 2.25. The maximum atomic E-state index is 12.3. The SMILES string of the molecule is CC(C)[C@@H](NC(=O)C1(C)CCCO1)C(=O)OC(C)(C)C. The van der Waals surface area contributed by atoms with Gasteiger partial charge < -0.3 is 14.8 Å². The van der Waals surface area contributed by atoms with Crippen LogP contribution in [-0.2, 0) is 19.1 Å². The normalized spacial score (nSPS) is 24.6. The minimum absolute atomic E-state index is 0.0428. The monoisotopic (exact) mass is 285 g/mol. The Hall–Kier alpha value is -1.10. The molecular formula is C15H27NO4. The second kappa shape index (κ2) is 6.12. The molecule has 5 nitrogen and oxygen atoms in total. The van der Waals surface area contributed by atoms with Crippen LogP contribution in [0.3, 0.4) is 0 Å². The molecule has 0 aliphatic carbocycles. The van der Waals surface area contributed by atoms with Crippen molar-refractivity contribution in [3.63, 3.8) is 0 Å². The van der Waals surface area contributed by atoms with Gasteiger partial charge in [0.2, 0.25) is 0 Å². The molecule has 1 saturated heterocycles. The van der Waals surface area contributed by atoms with Crippen LogP contribution in [0.15, 0.2) is 0 Å². The average molecular weight is 285 g/mol. The van der Waals surface area contributed by atoms with Crippen LogP contribution >= 0.6 is 0 Å². The topological polar surface area (TPSA) is 64.6 Å². The molecule has 1 aliphatic rings. The summed E-state index contributed by atoms with van der Waals surface area (Å²) in [6, 6.07) is -0.650. The van der Waals surface area contributed by atoms with E-state index in [0.717, 1.165) is 6.42 Å². The van der Waals surface area contributed by atoms with Crippen molar-refractivity contribution < 1.29 is 19.1 Å². The third kappa shape index (κ3) is 4.47. The first-order valence-corrected chi connectivity index (χ1v) is 7.23. The van der Waals surface area contributed by atoms with Gasteiger partial charge in [-0.2, -0.15) is 0 Å². The van der Waals surface area contributed by atoms with E-state index in [0.29, 0.717) is 13.0 Å². The Kier molecular flexibility index (Phi) is 5.19. The number of carbonyl (C=O) groups excluding carboxylic acids is 2. The molecule has 5 heteroatoms. The molecule has 0 radical (unpaired) electrons. The smallest absolute Gasteiger partial charge is 0.329 e. The number of ether oxygens (including phenoxy) is 2. The first kappa shape index (κ1) is 17.0. The van der Waals surface area contributed by atoms with Crippen molar-refractivity contribution >= 4 is 11.9 Å². The van der Waals surface area contributed by atoms with Crippen LogP contribution in [0, 0.1) is 5.92 Å². The summed E-state index contributed by atoms with van der Waals surface area (Å²) in [6.07, 6.45) is 1.54. The molecule has 1 rings (SSSR count). The van der Waals surface area contributed by atoms with Gasteiger partial charge in [0, 0.05) is 6.61 Å². The van der Waals surface area contributed by atoms with E-state index < -0.39 is 23.2 Å². The third-order valence-electron chi connectivity index (χ3n) is 3.31. The Morgan fingerprint density at radius 1 is 1.30 bits per heavy atom. The predicted octanol–water partition coefficient (Wildman–Crippen LogP) is 2.04. The lowest BCUT2D eigenvalue weighted by atomic mass is 9.98. The number of esters is 1. The van der Waals surface area contributed by atoms with Gasteiger partial charge in [-0.3, -0.25) is 4.79 Å². The Morgan fingerprint density at radius 2 is 1.90 bits per heavy atom. The highest BCUT2D eigenvalue weighted by Gasteiger charge is 2.40. The maximum Gasteiger partial charge on any atom is 0.329 e. The van der Waals surface area contributed by atoms with Gasteiger partial charge in [0.25, 0.3) is 5.91 Å². The zero-order chi connectivity index (χ0) is 15.6. The summed E-state index contributed by atoms with van der Waals surface area (Å²) >= 11 is 0. The fraction of sp³-hybridized carbons (Fsp3) is 0.867. The molecular weight excluding hydrogens is 258 g/mol. The van der Waals surface area contributed by atoms with Gasteiger partial charge in [-0.05, 0) is 46.5 Å². The molecule has 1 fully saturated rings. The van der Waals surface area contributed by atoms with Crippen molar-refractivity contribution in [1.82, 2.24) is 5.32 Å². The average Bonchev–Trinajstić information content (AvgIpc) is 2.70. The molecule has 2 atom stereocenters. The first-order chi connectivity index (χ1) is 9.05. The number of amides is 1.